The maximum absolute atomic E-state index is 12.6. The minimum absolute atomic E-state index is 0.0339. The number of hydrogen-bond donors (Lipinski definition) is 0. The van der Waals surface area contributed by atoms with Crippen molar-refractivity contribution >= 4 is 23.2 Å². The molecule has 0 radical (unpaired) electrons. The first-order valence-corrected chi connectivity index (χ1v) is 8.56. The van der Waals surface area contributed by atoms with E-state index in [-0.39, 0.29) is 23.9 Å². The van der Waals surface area contributed by atoms with Crippen LogP contribution in [-0.4, -0.2) is 50.2 Å². The summed E-state index contributed by atoms with van der Waals surface area (Å²) in [4.78, 5) is 36.9. The normalized spacial score (nSPS) is 23.4. The molecule has 2 amide bonds. The van der Waals surface area contributed by atoms with Gasteiger partial charge in [0, 0.05) is 37.3 Å². The second kappa shape index (κ2) is 5.73. The van der Waals surface area contributed by atoms with Crippen LogP contribution in [0.4, 0.5) is 0 Å². The lowest BCUT2D eigenvalue weighted by Crippen LogP contribution is -2.39. The number of carbonyl (C=O) groups excluding carboxylic acids is 2. The molecule has 6 nitrogen and oxygen atoms in total. The summed E-state index contributed by atoms with van der Waals surface area (Å²) in [7, 11) is 0. The van der Waals surface area contributed by atoms with E-state index in [1.165, 1.54) is 11.3 Å². The third-order valence-electron chi connectivity index (χ3n) is 4.60. The molecular formula is C16H16N4O2S. The van der Waals surface area contributed by atoms with Crippen LogP contribution in [0.15, 0.2) is 35.4 Å². The van der Waals surface area contributed by atoms with Crippen LogP contribution in [0.2, 0.25) is 0 Å². The van der Waals surface area contributed by atoms with Crippen LogP contribution in [0.5, 0.6) is 0 Å². The van der Waals surface area contributed by atoms with Gasteiger partial charge in [-0.25, -0.2) is 4.98 Å². The summed E-state index contributed by atoms with van der Waals surface area (Å²) >= 11 is 1.41. The summed E-state index contributed by atoms with van der Waals surface area (Å²) < 4.78 is 0. The van der Waals surface area contributed by atoms with Gasteiger partial charge in [-0.2, -0.15) is 0 Å². The second-order valence-electron chi connectivity index (χ2n) is 5.88. The molecular weight excluding hydrogens is 312 g/mol. The number of hydrogen-bond acceptors (Lipinski definition) is 5. The Morgan fingerprint density at radius 2 is 2.30 bits per heavy atom. The molecule has 7 heteroatoms. The fraction of sp³-hybridized carbons (Fsp3) is 0.375. The lowest BCUT2D eigenvalue weighted by Gasteiger charge is -2.25. The van der Waals surface area contributed by atoms with Crippen LogP contribution >= 0.6 is 11.3 Å². The van der Waals surface area contributed by atoms with Gasteiger partial charge in [0.15, 0.2) is 0 Å². The van der Waals surface area contributed by atoms with E-state index in [2.05, 4.69) is 9.97 Å². The van der Waals surface area contributed by atoms with Crippen molar-refractivity contribution in [3.63, 3.8) is 0 Å². The van der Waals surface area contributed by atoms with E-state index in [9.17, 15) is 9.59 Å². The molecule has 0 unspecified atom stereocenters. The second-order valence-corrected chi connectivity index (χ2v) is 6.60. The van der Waals surface area contributed by atoms with Crippen LogP contribution in [0.3, 0.4) is 0 Å². The number of thiazole rings is 1. The number of rotatable bonds is 3. The zero-order valence-electron chi connectivity index (χ0n) is 12.5. The van der Waals surface area contributed by atoms with Crippen LogP contribution < -0.4 is 0 Å². The third kappa shape index (κ3) is 2.50. The van der Waals surface area contributed by atoms with Crippen molar-refractivity contribution < 1.29 is 9.59 Å². The number of amides is 2. The van der Waals surface area contributed by atoms with E-state index >= 15 is 0 Å². The third-order valence-corrected chi connectivity index (χ3v) is 5.19. The Hall–Kier alpha value is -2.28. The minimum atomic E-state index is -0.0604. The number of fused-ring (bicyclic) bond motifs is 1. The average Bonchev–Trinajstić information content (AvgIpc) is 3.27. The largest absolute Gasteiger partial charge is 0.333 e. The Morgan fingerprint density at radius 3 is 3.04 bits per heavy atom. The Morgan fingerprint density at radius 1 is 1.39 bits per heavy atom. The van der Waals surface area contributed by atoms with Gasteiger partial charge in [-0.1, -0.05) is 6.07 Å². The fourth-order valence-corrected chi connectivity index (χ4v) is 4.07. The number of carbonyl (C=O) groups is 2. The number of likely N-dealkylation sites (tertiary alicyclic amines) is 2. The highest BCUT2D eigenvalue weighted by Gasteiger charge is 2.48. The molecule has 0 aromatic carbocycles. The van der Waals surface area contributed by atoms with E-state index < -0.39 is 0 Å². The molecule has 2 saturated heterocycles. The Balaban J connectivity index is 1.52. The van der Waals surface area contributed by atoms with Gasteiger partial charge in [0.2, 0.25) is 5.91 Å². The van der Waals surface area contributed by atoms with Crippen molar-refractivity contribution in [2.45, 2.75) is 31.5 Å². The van der Waals surface area contributed by atoms with Crippen molar-refractivity contribution in [1.29, 1.82) is 0 Å². The molecule has 2 aliphatic rings. The fourth-order valence-electron chi connectivity index (χ4n) is 3.54. The summed E-state index contributed by atoms with van der Waals surface area (Å²) in [5.41, 5.74) is 3.16. The molecule has 0 aliphatic carbocycles. The SMILES string of the molecule is O=C1C[C@H]2[C@@H](CCN2C(=O)c2cscn2)N1Cc1cccnc1. The van der Waals surface area contributed by atoms with Gasteiger partial charge in [0.25, 0.3) is 5.91 Å². The van der Waals surface area contributed by atoms with Gasteiger partial charge in [-0.15, -0.1) is 11.3 Å². The summed E-state index contributed by atoms with van der Waals surface area (Å²) in [5, 5.41) is 1.76. The molecule has 4 rings (SSSR count). The summed E-state index contributed by atoms with van der Waals surface area (Å²) in [6.07, 6.45) is 4.74. The molecule has 4 heterocycles. The van der Waals surface area contributed by atoms with Crippen molar-refractivity contribution in [3.8, 4) is 0 Å². The highest BCUT2D eigenvalue weighted by Crippen LogP contribution is 2.34. The first-order chi connectivity index (χ1) is 11.2. The van der Waals surface area contributed by atoms with E-state index in [1.54, 1.807) is 23.3 Å². The van der Waals surface area contributed by atoms with Crippen molar-refractivity contribution in [2.24, 2.45) is 0 Å². The predicted molar refractivity (Wildman–Crippen MR) is 84.7 cm³/mol. The van der Waals surface area contributed by atoms with E-state index in [0.717, 1.165) is 12.0 Å². The standard InChI is InChI=1S/C16H16N4O2S/c21-15-6-14-13(20(15)8-11-2-1-4-17-7-11)3-5-19(14)16(22)12-9-23-10-18-12/h1-2,4,7,9-10,13-14H,3,5-6,8H2/t13-,14+/m1/s1. The highest BCUT2D eigenvalue weighted by atomic mass is 32.1. The molecule has 2 atom stereocenters. The van der Waals surface area contributed by atoms with E-state index in [0.29, 0.717) is 25.2 Å². The summed E-state index contributed by atoms with van der Waals surface area (Å²) in [5.74, 6) is 0.0504. The monoisotopic (exact) mass is 328 g/mol. The van der Waals surface area contributed by atoms with E-state index in [4.69, 9.17) is 0 Å². The van der Waals surface area contributed by atoms with Crippen molar-refractivity contribution in [1.82, 2.24) is 19.8 Å². The van der Waals surface area contributed by atoms with Crippen LogP contribution in [0, 0.1) is 0 Å². The van der Waals surface area contributed by atoms with Gasteiger partial charge in [-0.3, -0.25) is 14.6 Å². The highest BCUT2D eigenvalue weighted by molar-refractivity contribution is 7.07. The number of pyridine rings is 1. The molecule has 2 aromatic heterocycles. The lowest BCUT2D eigenvalue weighted by atomic mass is 10.1. The van der Waals surface area contributed by atoms with Gasteiger partial charge < -0.3 is 9.80 Å². The molecule has 2 aromatic rings. The summed E-state index contributed by atoms with van der Waals surface area (Å²) in [6, 6.07) is 3.92. The smallest absolute Gasteiger partial charge is 0.273 e. The van der Waals surface area contributed by atoms with Gasteiger partial charge in [-0.05, 0) is 18.1 Å². The molecule has 0 spiro atoms. The average molecular weight is 328 g/mol. The van der Waals surface area contributed by atoms with E-state index in [1.807, 2.05) is 21.9 Å². The zero-order valence-corrected chi connectivity index (χ0v) is 13.3. The Labute approximate surface area is 137 Å². The molecule has 0 saturated carbocycles. The molecule has 2 aliphatic heterocycles. The molecule has 0 bridgehead atoms. The molecule has 23 heavy (non-hydrogen) atoms. The first-order valence-electron chi connectivity index (χ1n) is 7.61. The quantitative estimate of drug-likeness (QED) is 0.857. The van der Waals surface area contributed by atoms with Gasteiger partial charge in [0.05, 0.1) is 17.6 Å². The minimum Gasteiger partial charge on any atom is -0.333 e. The summed E-state index contributed by atoms with van der Waals surface area (Å²) in [6.45, 7) is 1.25. The predicted octanol–water partition coefficient (Wildman–Crippen LogP) is 1.55. The maximum Gasteiger partial charge on any atom is 0.273 e. The molecule has 0 N–H and O–H groups in total. The number of nitrogens with zero attached hydrogens (tertiary/aromatic N) is 4. The first kappa shape index (κ1) is 14.3. The van der Waals surface area contributed by atoms with Gasteiger partial charge in [0.1, 0.15) is 5.69 Å². The number of aromatic nitrogens is 2. The molecule has 118 valence electrons. The topological polar surface area (TPSA) is 66.4 Å². The Kier molecular flexibility index (Phi) is 3.57. The molecule has 2 fully saturated rings. The maximum atomic E-state index is 12.6. The Bertz CT molecular complexity index is 719. The van der Waals surface area contributed by atoms with Crippen molar-refractivity contribution in [2.75, 3.05) is 6.54 Å². The van der Waals surface area contributed by atoms with Crippen LogP contribution in [0.25, 0.3) is 0 Å². The lowest BCUT2D eigenvalue weighted by molar-refractivity contribution is -0.129. The zero-order chi connectivity index (χ0) is 15.8. The van der Waals surface area contributed by atoms with Gasteiger partial charge >= 0.3 is 0 Å². The van der Waals surface area contributed by atoms with Crippen LogP contribution in [-0.2, 0) is 11.3 Å². The van der Waals surface area contributed by atoms with Crippen LogP contribution in [0.1, 0.15) is 28.9 Å². The van der Waals surface area contributed by atoms with Crippen molar-refractivity contribution in [3.05, 3.63) is 46.7 Å².